The van der Waals surface area contributed by atoms with Crippen LogP contribution < -0.4 is 5.32 Å². The Morgan fingerprint density at radius 2 is 2.25 bits per heavy atom. The topological polar surface area (TPSA) is 56.1 Å². The molecule has 5 nitrogen and oxygen atoms in total. The fraction of sp³-hybridized carbons (Fsp3) is 0.286. The van der Waals surface area contributed by atoms with Crippen molar-refractivity contribution in [2.45, 2.75) is 6.54 Å². The summed E-state index contributed by atoms with van der Waals surface area (Å²) in [5.41, 5.74) is 0.635. The summed E-state index contributed by atoms with van der Waals surface area (Å²) >= 11 is 3.34. The van der Waals surface area contributed by atoms with E-state index in [1.54, 1.807) is 23.0 Å². The van der Waals surface area contributed by atoms with Crippen molar-refractivity contribution in [2.75, 3.05) is 19.8 Å². The predicted octanol–water partition coefficient (Wildman–Crippen LogP) is 2.09. The minimum absolute atomic E-state index is 0.0954. The fourth-order valence-electron chi connectivity index (χ4n) is 1.66. The van der Waals surface area contributed by atoms with Crippen molar-refractivity contribution in [2.24, 2.45) is 0 Å². The lowest BCUT2D eigenvalue weighted by atomic mass is 10.2. The smallest absolute Gasteiger partial charge is 0.251 e. The number of nitrogens with one attached hydrogen (secondary N) is 1. The van der Waals surface area contributed by atoms with E-state index in [2.05, 4.69) is 26.3 Å². The minimum Gasteiger partial charge on any atom is -0.378 e. The van der Waals surface area contributed by atoms with Gasteiger partial charge in [-0.3, -0.25) is 9.48 Å². The molecule has 20 heavy (non-hydrogen) atoms. The monoisotopic (exact) mass is 337 g/mol. The third-order valence-corrected chi connectivity index (χ3v) is 3.14. The summed E-state index contributed by atoms with van der Waals surface area (Å²) in [4.78, 5) is 11.8. The molecular weight excluding hydrogens is 322 g/mol. The number of halogens is 1. The first-order valence-electron chi connectivity index (χ1n) is 6.34. The average molecular weight is 338 g/mol. The first-order chi connectivity index (χ1) is 9.75. The van der Waals surface area contributed by atoms with E-state index in [-0.39, 0.29) is 5.91 Å². The zero-order chi connectivity index (χ0) is 14.2. The van der Waals surface area contributed by atoms with Gasteiger partial charge in [0, 0.05) is 29.0 Å². The zero-order valence-electron chi connectivity index (χ0n) is 11.0. The van der Waals surface area contributed by atoms with Gasteiger partial charge >= 0.3 is 0 Å². The molecule has 106 valence electrons. The van der Waals surface area contributed by atoms with E-state index in [1.165, 1.54) is 0 Å². The minimum atomic E-state index is -0.0954. The van der Waals surface area contributed by atoms with E-state index < -0.39 is 0 Å². The number of hydrogen-bond donors (Lipinski definition) is 1. The molecule has 1 heterocycles. The molecule has 0 radical (unpaired) electrons. The van der Waals surface area contributed by atoms with Gasteiger partial charge in [0.25, 0.3) is 5.91 Å². The molecule has 0 spiro atoms. The number of benzene rings is 1. The summed E-state index contributed by atoms with van der Waals surface area (Å²) in [6.45, 7) is 2.27. The maximum absolute atomic E-state index is 11.8. The second kappa shape index (κ2) is 7.81. The van der Waals surface area contributed by atoms with Crippen LogP contribution in [0.2, 0.25) is 0 Å². The van der Waals surface area contributed by atoms with Gasteiger partial charge in [0.2, 0.25) is 0 Å². The Balaban J connectivity index is 1.60. The van der Waals surface area contributed by atoms with Crippen molar-refractivity contribution in [3.05, 3.63) is 52.8 Å². The Hall–Kier alpha value is -1.66. The van der Waals surface area contributed by atoms with Crippen LogP contribution >= 0.6 is 15.9 Å². The van der Waals surface area contributed by atoms with Crippen molar-refractivity contribution in [3.8, 4) is 0 Å². The second-order valence-corrected chi connectivity index (χ2v) is 5.06. The molecule has 1 aromatic carbocycles. The van der Waals surface area contributed by atoms with Crippen molar-refractivity contribution >= 4 is 21.8 Å². The molecule has 6 heteroatoms. The summed E-state index contributed by atoms with van der Waals surface area (Å²) in [6, 6.07) is 9.15. The van der Waals surface area contributed by atoms with Crippen LogP contribution in [0.3, 0.4) is 0 Å². The quantitative estimate of drug-likeness (QED) is 0.787. The lowest BCUT2D eigenvalue weighted by molar-refractivity contribution is 0.0906. The van der Waals surface area contributed by atoms with Gasteiger partial charge in [-0.25, -0.2) is 0 Å². The van der Waals surface area contributed by atoms with E-state index in [1.807, 2.05) is 24.4 Å². The van der Waals surface area contributed by atoms with Crippen LogP contribution in [0, 0.1) is 0 Å². The van der Waals surface area contributed by atoms with Gasteiger partial charge in [-0.1, -0.05) is 22.0 Å². The molecule has 0 saturated heterocycles. The van der Waals surface area contributed by atoms with Crippen LogP contribution in [0.5, 0.6) is 0 Å². The third kappa shape index (κ3) is 4.79. The van der Waals surface area contributed by atoms with E-state index in [0.29, 0.717) is 31.9 Å². The molecule has 1 amide bonds. The molecule has 2 aromatic rings. The van der Waals surface area contributed by atoms with Gasteiger partial charge in [0.05, 0.1) is 19.8 Å². The van der Waals surface area contributed by atoms with Crippen LogP contribution in [-0.2, 0) is 11.3 Å². The maximum atomic E-state index is 11.8. The molecule has 0 fully saturated rings. The predicted molar refractivity (Wildman–Crippen MR) is 79.5 cm³/mol. The van der Waals surface area contributed by atoms with Crippen molar-refractivity contribution in [1.82, 2.24) is 15.1 Å². The lowest BCUT2D eigenvalue weighted by Crippen LogP contribution is -2.27. The molecule has 0 aliphatic heterocycles. The highest BCUT2D eigenvalue weighted by molar-refractivity contribution is 9.10. The molecule has 1 aromatic heterocycles. The Labute approximate surface area is 126 Å². The van der Waals surface area contributed by atoms with Gasteiger partial charge in [-0.2, -0.15) is 5.10 Å². The van der Waals surface area contributed by atoms with E-state index in [4.69, 9.17) is 4.74 Å². The Bertz CT molecular complexity index is 543. The molecule has 0 aliphatic rings. The Kier molecular flexibility index (Phi) is 5.76. The standard InChI is InChI=1S/C14H16BrN3O2/c15-13-4-1-3-12(11-13)14(19)16-6-9-20-10-8-18-7-2-5-17-18/h1-5,7,11H,6,8-10H2,(H,16,19). The maximum Gasteiger partial charge on any atom is 0.251 e. The summed E-state index contributed by atoms with van der Waals surface area (Å²) in [5, 5.41) is 6.89. The third-order valence-electron chi connectivity index (χ3n) is 2.64. The number of amides is 1. The normalized spacial score (nSPS) is 10.4. The van der Waals surface area contributed by atoms with E-state index >= 15 is 0 Å². The highest BCUT2D eigenvalue weighted by Crippen LogP contribution is 2.11. The Morgan fingerprint density at radius 1 is 1.35 bits per heavy atom. The fourth-order valence-corrected chi connectivity index (χ4v) is 2.06. The molecule has 0 atom stereocenters. The van der Waals surface area contributed by atoms with Crippen LogP contribution in [0.4, 0.5) is 0 Å². The number of ether oxygens (including phenoxy) is 1. The first kappa shape index (κ1) is 14.7. The van der Waals surface area contributed by atoms with Crippen molar-refractivity contribution in [1.29, 1.82) is 0 Å². The van der Waals surface area contributed by atoms with Crippen molar-refractivity contribution < 1.29 is 9.53 Å². The first-order valence-corrected chi connectivity index (χ1v) is 7.14. The molecule has 1 N–H and O–H groups in total. The average Bonchev–Trinajstić information content (AvgIpc) is 2.95. The van der Waals surface area contributed by atoms with Crippen molar-refractivity contribution in [3.63, 3.8) is 0 Å². The number of nitrogens with zero attached hydrogens (tertiary/aromatic N) is 2. The molecular formula is C14H16BrN3O2. The highest BCUT2D eigenvalue weighted by atomic mass is 79.9. The van der Waals surface area contributed by atoms with E-state index in [0.717, 1.165) is 4.47 Å². The van der Waals surface area contributed by atoms with Gasteiger partial charge in [0.15, 0.2) is 0 Å². The summed E-state index contributed by atoms with van der Waals surface area (Å²) in [6.07, 6.45) is 3.62. The Morgan fingerprint density at radius 3 is 3.00 bits per heavy atom. The lowest BCUT2D eigenvalue weighted by Gasteiger charge is -2.07. The largest absolute Gasteiger partial charge is 0.378 e. The SMILES string of the molecule is O=C(NCCOCCn1cccn1)c1cccc(Br)c1. The number of carbonyl (C=O) groups excluding carboxylic acids is 1. The molecule has 0 aliphatic carbocycles. The van der Waals surface area contributed by atoms with Crippen LogP contribution in [0.15, 0.2) is 47.2 Å². The second-order valence-electron chi connectivity index (χ2n) is 4.15. The van der Waals surface area contributed by atoms with Crippen LogP contribution in [0.1, 0.15) is 10.4 Å². The van der Waals surface area contributed by atoms with Crippen LogP contribution in [0.25, 0.3) is 0 Å². The van der Waals surface area contributed by atoms with Gasteiger partial charge in [-0.15, -0.1) is 0 Å². The highest BCUT2D eigenvalue weighted by Gasteiger charge is 2.04. The number of hydrogen-bond acceptors (Lipinski definition) is 3. The zero-order valence-corrected chi connectivity index (χ0v) is 12.5. The van der Waals surface area contributed by atoms with Crippen LogP contribution in [-0.4, -0.2) is 35.4 Å². The number of rotatable bonds is 7. The van der Waals surface area contributed by atoms with Gasteiger partial charge in [-0.05, 0) is 24.3 Å². The molecule has 0 saturated carbocycles. The number of aromatic nitrogens is 2. The summed E-state index contributed by atoms with van der Waals surface area (Å²) < 4.78 is 8.13. The molecule has 0 unspecified atom stereocenters. The van der Waals surface area contributed by atoms with Gasteiger partial charge in [0.1, 0.15) is 0 Å². The molecule has 2 rings (SSSR count). The van der Waals surface area contributed by atoms with Gasteiger partial charge < -0.3 is 10.1 Å². The molecule has 0 bridgehead atoms. The summed E-state index contributed by atoms with van der Waals surface area (Å²) in [5.74, 6) is -0.0954. The van der Waals surface area contributed by atoms with E-state index in [9.17, 15) is 4.79 Å². The summed E-state index contributed by atoms with van der Waals surface area (Å²) in [7, 11) is 0. The number of carbonyl (C=O) groups is 1.